The van der Waals surface area contributed by atoms with Crippen LogP contribution < -0.4 is 0 Å². The largest absolute Gasteiger partial charge is 0.496 e. The second-order valence-corrected chi connectivity index (χ2v) is 1.57. The van der Waals surface area contributed by atoms with Crippen molar-refractivity contribution in [3.63, 3.8) is 0 Å². The first kappa shape index (κ1) is 4.65. The van der Waals surface area contributed by atoms with E-state index in [0.717, 1.165) is 0 Å². The molecule has 1 rings (SSSR count). The minimum atomic E-state index is -0.411. The normalized spacial score (nSPS) is 16.4. The van der Waals surface area contributed by atoms with Crippen LogP contribution in [0, 0.1) is 0 Å². The van der Waals surface area contributed by atoms with E-state index in [1.54, 1.807) is 0 Å². The Morgan fingerprint density at radius 3 is 2.57 bits per heavy atom. The van der Waals surface area contributed by atoms with Crippen LogP contribution in [-0.4, -0.2) is 11.8 Å². The monoisotopic (exact) mass is 118 g/mol. The average Bonchev–Trinajstić information content (AvgIpc) is 1.23. The van der Waals surface area contributed by atoms with Gasteiger partial charge < -0.3 is 4.74 Å². The second-order valence-electron chi connectivity index (χ2n) is 1.23. The van der Waals surface area contributed by atoms with Crippen molar-refractivity contribution < 1.29 is 9.53 Å². The molecule has 0 spiro atoms. The minimum absolute atomic E-state index is 0.377. The number of carbonyl (C=O) groups is 1. The minimum Gasteiger partial charge on any atom is -0.496 e. The van der Waals surface area contributed by atoms with Crippen molar-refractivity contribution in [1.82, 2.24) is 0 Å². The second kappa shape index (κ2) is 1.54. The van der Waals surface area contributed by atoms with Crippen LogP contribution >= 0.6 is 11.6 Å². The molecule has 0 amide bonds. The summed E-state index contributed by atoms with van der Waals surface area (Å²) in [5.74, 6) is 0. The lowest BCUT2D eigenvalue weighted by molar-refractivity contribution is -0.109. The summed E-state index contributed by atoms with van der Waals surface area (Å²) < 4.78 is 4.53. The van der Waals surface area contributed by atoms with E-state index in [1.807, 2.05) is 0 Å². The number of hydrogen-bond donors (Lipinski definition) is 0. The smallest absolute Gasteiger partial charge is 0.254 e. The fourth-order valence-electron chi connectivity index (χ4n) is 0.270. The van der Waals surface area contributed by atoms with Crippen LogP contribution in [0.3, 0.4) is 0 Å². The molecule has 0 aromatic rings. The molecule has 0 saturated carbocycles. The van der Waals surface area contributed by atoms with E-state index in [9.17, 15) is 4.79 Å². The van der Waals surface area contributed by atoms with E-state index in [-0.39, 0.29) is 0 Å². The topological polar surface area (TPSA) is 26.3 Å². The first-order valence-electron chi connectivity index (χ1n) is 1.81. The first-order chi connectivity index (χ1) is 3.30. The number of carbonyl (C=O) groups excluding carboxylic acids is 1. The third-order valence-corrected chi connectivity index (χ3v) is 0.960. The Balaban J connectivity index is 2.57. The Labute approximate surface area is 45.7 Å². The van der Waals surface area contributed by atoms with Crippen molar-refractivity contribution in [3.05, 3.63) is 11.8 Å². The summed E-state index contributed by atoms with van der Waals surface area (Å²) in [7, 11) is 0. The number of rotatable bonds is 1. The van der Waals surface area contributed by atoms with E-state index in [1.165, 1.54) is 6.26 Å². The van der Waals surface area contributed by atoms with Crippen molar-refractivity contribution in [2.24, 2.45) is 0 Å². The van der Waals surface area contributed by atoms with Crippen LogP contribution in [0.4, 0.5) is 0 Å². The highest BCUT2D eigenvalue weighted by Crippen LogP contribution is 2.09. The van der Waals surface area contributed by atoms with E-state index >= 15 is 0 Å². The van der Waals surface area contributed by atoms with Crippen molar-refractivity contribution >= 4 is 16.8 Å². The van der Waals surface area contributed by atoms with Gasteiger partial charge in [-0.05, 0) is 11.6 Å². The van der Waals surface area contributed by atoms with E-state index in [0.29, 0.717) is 12.2 Å². The summed E-state index contributed by atoms with van der Waals surface area (Å²) in [4.78, 5) is 10.0. The number of hydrogen-bond acceptors (Lipinski definition) is 2. The summed E-state index contributed by atoms with van der Waals surface area (Å²) in [5, 5.41) is -0.411. The van der Waals surface area contributed by atoms with Crippen LogP contribution in [0.25, 0.3) is 0 Å². The van der Waals surface area contributed by atoms with Gasteiger partial charge in [0, 0.05) is 0 Å². The van der Waals surface area contributed by atoms with Crippen LogP contribution in [-0.2, 0) is 9.53 Å². The van der Waals surface area contributed by atoms with E-state index < -0.39 is 5.24 Å². The lowest BCUT2D eigenvalue weighted by atomic mass is 10.3. The SMILES string of the molecule is O=C(Cl)C1=COC1. The number of ether oxygens (including phenoxy) is 1. The predicted octanol–water partition coefficient (Wildman–Crippen LogP) is 0.666. The maximum atomic E-state index is 10.0. The first-order valence-corrected chi connectivity index (χ1v) is 2.19. The molecule has 0 fully saturated rings. The standard InChI is InChI=1S/C4H3ClO2/c5-4(6)3-1-7-2-3/h1H,2H2. The van der Waals surface area contributed by atoms with E-state index in [2.05, 4.69) is 4.74 Å². The molecule has 0 saturated heterocycles. The summed E-state index contributed by atoms with van der Waals surface area (Å²) in [6, 6.07) is 0. The third kappa shape index (κ3) is 0.747. The predicted molar refractivity (Wildman–Crippen MR) is 24.9 cm³/mol. The van der Waals surface area contributed by atoms with Crippen molar-refractivity contribution in [2.45, 2.75) is 0 Å². The average molecular weight is 119 g/mol. The molecule has 0 atom stereocenters. The Morgan fingerprint density at radius 2 is 2.57 bits per heavy atom. The van der Waals surface area contributed by atoms with Gasteiger partial charge in [0.05, 0.1) is 11.8 Å². The summed E-state index contributed by atoms with van der Waals surface area (Å²) in [6.45, 7) is 0.377. The fraction of sp³-hybridized carbons (Fsp3) is 0.250. The summed E-state index contributed by atoms with van der Waals surface area (Å²) in [6.07, 6.45) is 1.36. The fourth-order valence-corrected chi connectivity index (χ4v) is 0.369. The summed E-state index contributed by atoms with van der Waals surface area (Å²) in [5.41, 5.74) is 0.557. The van der Waals surface area contributed by atoms with Gasteiger partial charge in [0.15, 0.2) is 0 Å². The Bertz CT molecular complexity index is 128. The highest BCUT2D eigenvalue weighted by atomic mass is 35.5. The van der Waals surface area contributed by atoms with Crippen LogP contribution in [0.15, 0.2) is 11.8 Å². The lowest BCUT2D eigenvalue weighted by Gasteiger charge is -2.09. The Kier molecular flexibility index (Phi) is 1.02. The molecule has 0 aliphatic carbocycles. The van der Waals surface area contributed by atoms with Crippen molar-refractivity contribution in [1.29, 1.82) is 0 Å². The molecule has 0 bridgehead atoms. The zero-order chi connectivity index (χ0) is 5.28. The van der Waals surface area contributed by atoms with Gasteiger partial charge in [0.25, 0.3) is 5.24 Å². The van der Waals surface area contributed by atoms with Gasteiger partial charge in [-0.25, -0.2) is 0 Å². The van der Waals surface area contributed by atoms with Gasteiger partial charge in [-0.3, -0.25) is 4.79 Å². The molecule has 1 aliphatic heterocycles. The van der Waals surface area contributed by atoms with Gasteiger partial charge in [-0.15, -0.1) is 0 Å². The molecular weight excluding hydrogens is 115 g/mol. The number of halogens is 1. The molecule has 0 aromatic heterocycles. The van der Waals surface area contributed by atoms with E-state index in [4.69, 9.17) is 11.6 Å². The molecule has 0 radical (unpaired) electrons. The van der Waals surface area contributed by atoms with Crippen molar-refractivity contribution in [2.75, 3.05) is 6.61 Å². The van der Waals surface area contributed by atoms with Crippen LogP contribution in [0.1, 0.15) is 0 Å². The molecule has 2 nitrogen and oxygen atoms in total. The molecule has 0 unspecified atom stereocenters. The van der Waals surface area contributed by atoms with Gasteiger partial charge in [0.1, 0.15) is 6.61 Å². The zero-order valence-electron chi connectivity index (χ0n) is 3.48. The highest BCUT2D eigenvalue weighted by Gasteiger charge is 2.12. The van der Waals surface area contributed by atoms with Gasteiger partial charge in [0.2, 0.25) is 0 Å². The quantitative estimate of drug-likeness (QED) is 0.473. The van der Waals surface area contributed by atoms with Crippen LogP contribution in [0.2, 0.25) is 0 Å². The summed E-state index contributed by atoms with van der Waals surface area (Å²) >= 11 is 4.99. The maximum absolute atomic E-state index is 10.0. The molecule has 38 valence electrons. The molecular formula is C4H3ClO2. The molecule has 3 heteroatoms. The zero-order valence-corrected chi connectivity index (χ0v) is 4.23. The lowest BCUT2D eigenvalue weighted by Crippen LogP contribution is -2.10. The van der Waals surface area contributed by atoms with Gasteiger partial charge in [-0.1, -0.05) is 0 Å². The Hall–Kier alpha value is -0.500. The van der Waals surface area contributed by atoms with Gasteiger partial charge >= 0.3 is 0 Å². The van der Waals surface area contributed by atoms with Gasteiger partial charge in [-0.2, -0.15) is 0 Å². The molecule has 0 aromatic carbocycles. The third-order valence-electron chi connectivity index (χ3n) is 0.717. The highest BCUT2D eigenvalue weighted by molar-refractivity contribution is 6.67. The molecule has 0 N–H and O–H groups in total. The molecule has 1 heterocycles. The molecule has 1 aliphatic rings. The Morgan fingerprint density at radius 1 is 2.00 bits per heavy atom. The maximum Gasteiger partial charge on any atom is 0.254 e. The molecule has 7 heavy (non-hydrogen) atoms. The van der Waals surface area contributed by atoms with Crippen LogP contribution in [0.5, 0.6) is 0 Å². The van der Waals surface area contributed by atoms with Crippen molar-refractivity contribution in [3.8, 4) is 0 Å².